The molecule has 2 heterocycles. The first-order chi connectivity index (χ1) is 14.0. The van der Waals surface area contributed by atoms with Crippen LogP contribution < -0.4 is 10.1 Å². The highest BCUT2D eigenvalue weighted by atomic mass is 16.5. The van der Waals surface area contributed by atoms with Crippen molar-refractivity contribution in [2.75, 3.05) is 12.4 Å². The van der Waals surface area contributed by atoms with E-state index in [4.69, 9.17) is 4.74 Å². The molecule has 1 aliphatic carbocycles. The monoisotopic (exact) mass is 390 g/mol. The first-order valence-corrected chi connectivity index (χ1v) is 10.4. The second-order valence-corrected chi connectivity index (χ2v) is 8.54. The number of carbonyl (C=O) groups excluding carboxylic acids is 2. The van der Waals surface area contributed by atoms with Crippen molar-refractivity contribution in [3.8, 4) is 5.75 Å². The summed E-state index contributed by atoms with van der Waals surface area (Å²) in [6.07, 6.45) is 3.91. The van der Waals surface area contributed by atoms with Crippen LogP contribution in [0.25, 0.3) is 0 Å². The fourth-order valence-electron chi connectivity index (χ4n) is 5.64. The Morgan fingerprint density at radius 1 is 1.14 bits per heavy atom. The Morgan fingerprint density at radius 2 is 1.90 bits per heavy atom. The molecule has 0 spiro atoms. The van der Waals surface area contributed by atoms with E-state index in [-0.39, 0.29) is 23.7 Å². The number of likely N-dealkylation sites (tertiary alicyclic amines) is 1. The number of carbonyl (C=O) groups is 2. The number of hydrogen-bond acceptors (Lipinski definition) is 3. The third-order valence-electron chi connectivity index (χ3n) is 7.09. The molecule has 29 heavy (non-hydrogen) atoms. The van der Waals surface area contributed by atoms with Gasteiger partial charge in [-0.25, -0.2) is 0 Å². The average Bonchev–Trinajstić information content (AvgIpc) is 2.73. The van der Waals surface area contributed by atoms with Gasteiger partial charge < -0.3 is 15.0 Å². The number of anilines is 1. The topological polar surface area (TPSA) is 58.6 Å². The minimum Gasteiger partial charge on any atom is -0.467 e. The van der Waals surface area contributed by atoms with E-state index in [1.807, 2.05) is 55.5 Å². The van der Waals surface area contributed by atoms with Crippen molar-refractivity contribution >= 4 is 17.5 Å². The van der Waals surface area contributed by atoms with Crippen LogP contribution in [-0.4, -0.2) is 29.5 Å². The van der Waals surface area contributed by atoms with Gasteiger partial charge in [-0.05, 0) is 43.0 Å². The number of hydrogen-bond donors (Lipinski definition) is 1. The van der Waals surface area contributed by atoms with Gasteiger partial charge in [-0.2, -0.15) is 0 Å². The van der Waals surface area contributed by atoms with Gasteiger partial charge in [0.25, 0.3) is 0 Å². The van der Waals surface area contributed by atoms with Crippen LogP contribution in [0.3, 0.4) is 0 Å². The van der Waals surface area contributed by atoms with E-state index in [1.165, 1.54) is 0 Å². The molecule has 1 saturated heterocycles. The number of benzene rings is 2. The molecule has 0 radical (unpaired) electrons. The summed E-state index contributed by atoms with van der Waals surface area (Å²) in [5.74, 6) is -0.343. The second-order valence-electron chi connectivity index (χ2n) is 8.54. The van der Waals surface area contributed by atoms with Crippen molar-refractivity contribution in [2.45, 2.75) is 44.2 Å². The number of nitrogens with one attached hydrogen (secondary N) is 1. The van der Waals surface area contributed by atoms with Gasteiger partial charge in [-0.1, -0.05) is 42.8 Å². The molecule has 0 aromatic heterocycles. The molecule has 4 atom stereocenters. The van der Waals surface area contributed by atoms with Crippen molar-refractivity contribution in [3.05, 3.63) is 59.7 Å². The molecular weight excluding hydrogens is 364 g/mol. The molecule has 0 unspecified atom stereocenters. The van der Waals surface area contributed by atoms with Gasteiger partial charge in [-0.3, -0.25) is 9.59 Å². The summed E-state index contributed by atoms with van der Waals surface area (Å²) in [7, 11) is 1.80. The predicted octanol–water partition coefficient (Wildman–Crippen LogP) is 4.08. The van der Waals surface area contributed by atoms with E-state index in [1.54, 1.807) is 11.9 Å². The zero-order chi connectivity index (χ0) is 20.2. The zero-order valence-corrected chi connectivity index (χ0v) is 16.9. The van der Waals surface area contributed by atoms with Crippen LogP contribution in [-0.2, 0) is 9.59 Å². The van der Waals surface area contributed by atoms with E-state index in [0.29, 0.717) is 0 Å². The van der Waals surface area contributed by atoms with Crippen molar-refractivity contribution in [1.29, 1.82) is 0 Å². The molecule has 2 amide bonds. The lowest BCUT2D eigenvalue weighted by Crippen LogP contribution is -2.70. The Bertz CT molecular complexity index is 988. The summed E-state index contributed by atoms with van der Waals surface area (Å²) in [4.78, 5) is 28.7. The predicted molar refractivity (Wildman–Crippen MR) is 111 cm³/mol. The molecule has 5 heteroatoms. The molecular formula is C24H26N2O3. The molecule has 5 nitrogen and oxygen atoms in total. The number of amides is 2. The number of fused-ring (bicyclic) bond motifs is 2. The second kappa shape index (κ2) is 6.61. The number of aryl methyl sites for hydroxylation is 1. The molecule has 2 aliphatic heterocycles. The number of piperidine rings is 1. The Labute approximate surface area is 171 Å². The Kier molecular flexibility index (Phi) is 4.16. The molecule has 150 valence electrons. The van der Waals surface area contributed by atoms with Crippen LogP contribution in [0.5, 0.6) is 5.75 Å². The highest BCUT2D eigenvalue weighted by Gasteiger charge is 2.63. The summed E-state index contributed by atoms with van der Waals surface area (Å²) < 4.78 is 6.52. The van der Waals surface area contributed by atoms with E-state index >= 15 is 0 Å². The minimum atomic E-state index is -0.749. The largest absolute Gasteiger partial charge is 0.467 e. The van der Waals surface area contributed by atoms with Gasteiger partial charge in [0.05, 0.1) is 0 Å². The molecule has 1 N–H and O–H groups in total. The lowest BCUT2D eigenvalue weighted by Gasteiger charge is -2.59. The lowest BCUT2D eigenvalue weighted by molar-refractivity contribution is -0.201. The maximum Gasteiger partial charge on any atom is 0.238 e. The van der Waals surface area contributed by atoms with Crippen molar-refractivity contribution < 1.29 is 14.3 Å². The minimum absolute atomic E-state index is 0.126. The maximum atomic E-state index is 13.5. The number of nitrogens with zero attached hydrogens (tertiary/aromatic N) is 1. The van der Waals surface area contributed by atoms with Crippen LogP contribution in [0.15, 0.2) is 48.5 Å². The smallest absolute Gasteiger partial charge is 0.238 e. The SMILES string of the molecule is Cc1ccccc1NC(=O)[C@H]1C(=O)N(C)[C@]23CCCC[C@@H]2[C@H]1c1ccccc1O3. The first kappa shape index (κ1) is 18.2. The Morgan fingerprint density at radius 3 is 2.72 bits per heavy atom. The summed E-state index contributed by atoms with van der Waals surface area (Å²) in [6.45, 7) is 1.96. The highest BCUT2D eigenvalue weighted by Crippen LogP contribution is 2.58. The number of rotatable bonds is 2. The average molecular weight is 390 g/mol. The van der Waals surface area contributed by atoms with Crippen LogP contribution in [0.2, 0.25) is 0 Å². The zero-order valence-electron chi connectivity index (χ0n) is 16.9. The molecule has 3 aliphatic rings. The van der Waals surface area contributed by atoms with Gasteiger partial charge >= 0.3 is 0 Å². The fraction of sp³-hybridized carbons (Fsp3) is 0.417. The van der Waals surface area contributed by atoms with Crippen LogP contribution >= 0.6 is 0 Å². The normalized spacial score (nSPS) is 30.1. The summed E-state index contributed by atoms with van der Waals surface area (Å²) >= 11 is 0. The Balaban J connectivity index is 1.60. The molecule has 5 rings (SSSR count). The van der Waals surface area contributed by atoms with Gasteiger partial charge in [0, 0.05) is 31.0 Å². The van der Waals surface area contributed by atoms with Crippen LogP contribution in [0.1, 0.15) is 42.7 Å². The third-order valence-corrected chi connectivity index (χ3v) is 7.09. The number of para-hydroxylation sites is 2. The summed E-state index contributed by atoms with van der Waals surface area (Å²) in [5, 5.41) is 3.03. The van der Waals surface area contributed by atoms with Crippen LogP contribution in [0, 0.1) is 18.8 Å². The third kappa shape index (κ3) is 2.60. The molecule has 2 fully saturated rings. The standard InChI is InChI=1S/C24H26N2O3/c1-15-9-3-5-12-18(15)25-22(27)21-20-16-10-4-6-13-19(16)29-24(26(2)23(21)28)14-8-7-11-17(20)24/h3-6,9-10,12-13,17,20-21H,7-8,11,14H2,1-2H3,(H,25,27)/t17-,20-,21+,24+/m1/s1. The van der Waals surface area contributed by atoms with Gasteiger partial charge in [0.2, 0.25) is 11.8 Å². The summed E-state index contributed by atoms with van der Waals surface area (Å²) in [5.41, 5.74) is 2.10. The fourth-order valence-corrected chi connectivity index (χ4v) is 5.64. The number of ether oxygens (including phenoxy) is 1. The van der Waals surface area contributed by atoms with E-state index in [2.05, 4.69) is 5.32 Å². The molecule has 1 saturated carbocycles. The van der Waals surface area contributed by atoms with Crippen molar-refractivity contribution in [3.63, 3.8) is 0 Å². The van der Waals surface area contributed by atoms with Gasteiger partial charge in [-0.15, -0.1) is 0 Å². The maximum absolute atomic E-state index is 13.5. The molecule has 2 aromatic carbocycles. The van der Waals surface area contributed by atoms with E-state index in [9.17, 15) is 9.59 Å². The van der Waals surface area contributed by atoms with Crippen molar-refractivity contribution in [2.24, 2.45) is 11.8 Å². The highest BCUT2D eigenvalue weighted by molar-refractivity contribution is 6.08. The van der Waals surface area contributed by atoms with E-state index in [0.717, 1.165) is 48.2 Å². The first-order valence-electron chi connectivity index (χ1n) is 10.4. The lowest BCUT2D eigenvalue weighted by atomic mass is 9.61. The summed E-state index contributed by atoms with van der Waals surface area (Å²) in [6, 6.07) is 15.6. The van der Waals surface area contributed by atoms with E-state index < -0.39 is 11.6 Å². The van der Waals surface area contributed by atoms with Gasteiger partial charge in [0.1, 0.15) is 11.7 Å². The molecule has 2 bridgehead atoms. The molecule has 2 aromatic rings. The van der Waals surface area contributed by atoms with Crippen LogP contribution in [0.4, 0.5) is 5.69 Å². The Hall–Kier alpha value is -2.82. The van der Waals surface area contributed by atoms with Crippen molar-refractivity contribution in [1.82, 2.24) is 4.90 Å². The quantitative estimate of drug-likeness (QED) is 0.786. The van der Waals surface area contributed by atoms with Gasteiger partial charge in [0.15, 0.2) is 5.72 Å².